The summed E-state index contributed by atoms with van der Waals surface area (Å²) in [6.45, 7) is 0. The summed E-state index contributed by atoms with van der Waals surface area (Å²) in [5, 5.41) is 4.99. The van der Waals surface area contributed by atoms with Crippen molar-refractivity contribution in [1.29, 1.82) is 0 Å². The first-order valence-electron chi connectivity index (χ1n) is 5.08. The first kappa shape index (κ1) is 17.8. The second-order valence-electron chi connectivity index (χ2n) is 3.64. The van der Waals surface area contributed by atoms with Crippen LogP contribution in [-0.2, 0) is 17.9 Å². The first-order valence-corrected chi connectivity index (χ1v) is 8.04. The number of halogens is 1. The van der Waals surface area contributed by atoms with Crippen molar-refractivity contribution in [2.75, 3.05) is 14.1 Å². The molecule has 0 aliphatic carbocycles. The zero-order valence-electron chi connectivity index (χ0n) is 10.9. The van der Waals surface area contributed by atoms with Gasteiger partial charge in [0.15, 0.2) is 6.03 Å². The zero-order chi connectivity index (χ0) is 13.5. The third-order valence-corrected chi connectivity index (χ3v) is 2.21. The van der Waals surface area contributed by atoms with Crippen molar-refractivity contribution in [1.82, 2.24) is 9.88 Å². The average Bonchev–Trinajstić information content (AvgIpc) is 2.41. The predicted molar refractivity (Wildman–Crippen MR) is 76.1 cm³/mol. The van der Waals surface area contributed by atoms with E-state index in [-0.39, 0.29) is 13.5 Å². The van der Waals surface area contributed by atoms with Crippen molar-refractivity contribution >= 4 is 32.2 Å². The monoisotopic (exact) mass is 457 g/mol. The van der Waals surface area contributed by atoms with Crippen LogP contribution >= 0.6 is 9.58 Å². The Hall–Kier alpha value is -1.16. The van der Waals surface area contributed by atoms with Crippen molar-refractivity contribution in [2.45, 2.75) is 0 Å². The minimum absolute atomic E-state index is 0. The molecule has 0 atom stereocenters. The Kier molecular flexibility index (Phi) is 8.32. The van der Waals surface area contributed by atoms with Gasteiger partial charge >= 0.3 is 27.5 Å². The van der Waals surface area contributed by atoms with Crippen LogP contribution < -0.4 is 0 Å². The molecule has 4 nitrogen and oxygen atoms in total. The Morgan fingerprint density at radius 3 is 2.53 bits per heavy atom. The maximum absolute atomic E-state index is 11.5. The van der Waals surface area contributed by atoms with Crippen LogP contribution in [0.25, 0.3) is 16.2 Å². The number of aromatic nitrogens is 1. The van der Waals surface area contributed by atoms with Crippen LogP contribution in [0.3, 0.4) is 0 Å². The molecule has 0 radical (unpaired) electrons. The third-order valence-electron chi connectivity index (χ3n) is 2.21. The van der Waals surface area contributed by atoms with E-state index in [4.69, 9.17) is 0 Å². The van der Waals surface area contributed by atoms with Gasteiger partial charge in [0.2, 0.25) is 0 Å². The molecule has 0 bridgehead atoms. The molecule has 0 saturated carbocycles. The zero-order valence-corrected chi connectivity index (χ0v) is 14.1. The van der Waals surface area contributed by atoms with Crippen LogP contribution in [-0.4, -0.2) is 30.0 Å². The average molecular weight is 457 g/mol. The van der Waals surface area contributed by atoms with E-state index in [0.717, 1.165) is 10.9 Å². The molecular weight excluding hydrogens is 442 g/mol. The van der Waals surface area contributed by atoms with Gasteiger partial charge < -0.3 is 17.6 Å². The number of para-hydroxylation sites is 1. The molecule has 104 valence electrons. The Balaban J connectivity index is 0.00000103. The quantitative estimate of drug-likeness (QED) is 0.607. The van der Waals surface area contributed by atoms with Gasteiger partial charge in [0.1, 0.15) is 0 Å². The van der Waals surface area contributed by atoms with Crippen LogP contribution in [0, 0.1) is 7.43 Å². The second kappa shape index (κ2) is 8.86. The van der Waals surface area contributed by atoms with Crippen LogP contribution in [0.1, 0.15) is 0 Å². The van der Waals surface area contributed by atoms with Gasteiger partial charge in [0.25, 0.3) is 0 Å². The van der Waals surface area contributed by atoms with Crippen molar-refractivity contribution < 1.29 is 22.7 Å². The van der Waals surface area contributed by atoms with E-state index in [9.17, 15) is 4.79 Å². The molecule has 19 heavy (non-hydrogen) atoms. The van der Waals surface area contributed by atoms with Crippen molar-refractivity contribution in [3.63, 3.8) is 0 Å². The topological polar surface area (TPSA) is 47.3 Å². The molecule has 2 rings (SSSR count). The number of hydrogen-bond acceptors (Lipinski definition) is 2. The number of benzene rings is 1. The van der Waals surface area contributed by atoms with E-state index in [1.807, 2.05) is 24.3 Å². The number of hydrogen-bond donors (Lipinski definition) is 0. The number of amides is 2. The summed E-state index contributed by atoms with van der Waals surface area (Å²) < 4.78 is 0. The summed E-state index contributed by atoms with van der Waals surface area (Å²) in [5.74, 6) is 0. The summed E-state index contributed by atoms with van der Waals surface area (Å²) in [5.41, 5.74) is 1.36. The van der Waals surface area contributed by atoms with E-state index in [0.29, 0.717) is 5.69 Å². The predicted octanol–water partition coefficient (Wildman–Crippen LogP) is 4.06. The van der Waals surface area contributed by atoms with Gasteiger partial charge in [-0.2, -0.15) is 0 Å². The Morgan fingerprint density at radius 2 is 1.89 bits per heavy atom. The summed E-state index contributed by atoms with van der Waals surface area (Å²) in [6, 6.07) is 9.13. The second-order valence-corrected chi connectivity index (χ2v) is 3.64. The van der Waals surface area contributed by atoms with Crippen molar-refractivity contribution in [3.05, 3.63) is 49.3 Å². The molecule has 6 heteroatoms. The van der Waals surface area contributed by atoms with Crippen molar-refractivity contribution in [3.8, 4) is 0 Å². The normalized spacial score (nSPS) is 8.84. The van der Waals surface area contributed by atoms with Gasteiger partial charge in [-0.3, -0.25) is 9.78 Å². The number of fused-ring (bicyclic) bond motifs is 1. The van der Waals surface area contributed by atoms with Gasteiger partial charge in [-0.05, 0) is 11.8 Å². The van der Waals surface area contributed by atoms with Crippen LogP contribution in [0.2, 0.25) is 0 Å². The first-order chi connectivity index (χ1) is 8.68. The molecule has 1 heterocycles. The summed E-state index contributed by atoms with van der Waals surface area (Å²) in [7, 11) is 7.98. The Labute approximate surface area is 128 Å². The third kappa shape index (κ3) is 4.78. The molecule has 1 aromatic carbocycles. The summed E-state index contributed by atoms with van der Waals surface area (Å²) in [4.78, 5) is 17.1. The molecule has 0 saturated heterocycles. The molecule has 2 aromatic rings. The Bertz CT molecular complexity index is 529. The number of urea groups is 1. The Morgan fingerprint density at radius 1 is 1.26 bits per heavy atom. The van der Waals surface area contributed by atoms with Crippen LogP contribution in [0.15, 0.2) is 36.5 Å². The summed E-state index contributed by atoms with van der Waals surface area (Å²) in [6.07, 6.45) is 1.70. The number of nitrogens with zero attached hydrogens (tertiary/aromatic N) is 3. The standard InChI is InChI=1S/C12H13N3O.CH3.ClH.Ir/c1-15(2)12(16)14-10-7-3-5-9-6-4-8-13-11(9)10;;;/h3-8H,1-2H3,(H,14,16);1H3;1H;/q;-1;;+3/p-2. The van der Waals surface area contributed by atoms with E-state index in [1.165, 1.54) is 22.8 Å². The molecule has 0 spiro atoms. The van der Waals surface area contributed by atoms with Gasteiger partial charge in [-0.25, -0.2) is 0 Å². The molecule has 0 aliphatic heterocycles. The van der Waals surface area contributed by atoms with E-state index >= 15 is 0 Å². The molecule has 0 fully saturated rings. The number of rotatable bonds is 1. The number of carbonyl (C=O) groups excluding carboxylic acids is 1. The fourth-order valence-corrected chi connectivity index (χ4v) is 1.38. The van der Waals surface area contributed by atoms with Crippen LogP contribution in [0.5, 0.6) is 0 Å². The molecule has 0 unspecified atom stereocenters. The van der Waals surface area contributed by atoms with Gasteiger partial charge in [0, 0.05) is 11.6 Å². The van der Waals surface area contributed by atoms with Crippen LogP contribution in [0.4, 0.5) is 10.5 Å². The molecule has 1 aromatic heterocycles. The number of pyridine rings is 1. The van der Waals surface area contributed by atoms with Gasteiger partial charge in [0.05, 0.1) is 5.52 Å². The van der Waals surface area contributed by atoms with Gasteiger partial charge in [-0.1, -0.05) is 38.4 Å². The fourth-order valence-electron chi connectivity index (χ4n) is 1.38. The van der Waals surface area contributed by atoms with Gasteiger partial charge in [-0.15, -0.1) is 0 Å². The summed E-state index contributed by atoms with van der Waals surface area (Å²) >= 11 is 1.47. The maximum atomic E-state index is 11.5. The molecule has 2 amide bonds. The fraction of sp³-hybridized carbons (Fsp3) is 0.154. The van der Waals surface area contributed by atoms with Crippen molar-refractivity contribution in [2.24, 2.45) is 0 Å². The SMILES string of the molecule is CN(C)C(=O)[N-]c1cccc2cccnc12.[CH3-].[Cl][Ir+2]. The molecular formula is C13H15ClIrN3O. The molecule has 0 N–H and O–H groups in total. The van der Waals surface area contributed by atoms with E-state index in [2.05, 4.69) is 19.9 Å². The van der Waals surface area contributed by atoms with E-state index < -0.39 is 0 Å². The van der Waals surface area contributed by atoms with E-state index in [1.54, 1.807) is 26.4 Å². The minimum atomic E-state index is -0.279. The molecule has 0 aliphatic rings. The number of carbonyl (C=O) groups is 1.